The predicted molar refractivity (Wildman–Crippen MR) is 105 cm³/mol. The van der Waals surface area contributed by atoms with E-state index in [2.05, 4.69) is 14.9 Å². The van der Waals surface area contributed by atoms with Crippen LogP contribution >= 0.6 is 11.5 Å². The van der Waals surface area contributed by atoms with Crippen LogP contribution in [0.3, 0.4) is 0 Å². The second-order valence-electron chi connectivity index (χ2n) is 7.20. The van der Waals surface area contributed by atoms with E-state index < -0.39 is 6.04 Å². The van der Waals surface area contributed by atoms with E-state index in [1.54, 1.807) is 22.4 Å². The second-order valence-corrected chi connectivity index (χ2v) is 7.81. The van der Waals surface area contributed by atoms with Gasteiger partial charge in [0.15, 0.2) is 5.69 Å². The molecule has 1 aliphatic carbocycles. The highest BCUT2D eigenvalue weighted by Crippen LogP contribution is 2.28. The molecular formula is C20H25FN4O2S. The zero-order chi connectivity index (χ0) is 20.1. The Kier molecular flexibility index (Phi) is 6.72. The molecule has 0 unspecified atom stereocenters. The van der Waals surface area contributed by atoms with Crippen LogP contribution in [0.4, 0.5) is 4.39 Å². The van der Waals surface area contributed by atoms with Crippen LogP contribution in [-0.4, -0.2) is 38.4 Å². The van der Waals surface area contributed by atoms with Crippen molar-refractivity contribution in [1.29, 1.82) is 0 Å². The summed E-state index contributed by atoms with van der Waals surface area (Å²) in [5.74, 6) is -0.974. The fraction of sp³-hybridized carbons (Fsp3) is 0.500. The van der Waals surface area contributed by atoms with Crippen molar-refractivity contribution < 1.29 is 14.0 Å². The molecule has 1 N–H and O–H groups in total. The van der Waals surface area contributed by atoms with Gasteiger partial charge >= 0.3 is 0 Å². The van der Waals surface area contributed by atoms with Crippen molar-refractivity contribution in [2.75, 3.05) is 0 Å². The Balaban J connectivity index is 1.98. The molecule has 28 heavy (non-hydrogen) atoms. The Morgan fingerprint density at radius 1 is 1.29 bits per heavy atom. The van der Waals surface area contributed by atoms with E-state index in [9.17, 15) is 14.0 Å². The molecule has 1 heterocycles. The number of halogens is 1. The third kappa shape index (κ3) is 4.55. The minimum absolute atomic E-state index is 0.116. The first-order valence-electron chi connectivity index (χ1n) is 9.66. The minimum atomic E-state index is -0.856. The van der Waals surface area contributed by atoms with Crippen LogP contribution in [0.2, 0.25) is 0 Å². The van der Waals surface area contributed by atoms with Crippen molar-refractivity contribution >= 4 is 23.3 Å². The van der Waals surface area contributed by atoms with E-state index in [4.69, 9.17) is 0 Å². The van der Waals surface area contributed by atoms with E-state index >= 15 is 0 Å². The van der Waals surface area contributed by atoms with Crippen LogP contribution in [0.5, 0.6) is 0 Å². The van der Waals surface area contributed by atoms with Crippen LogP contribution in [0.1, 0.15) is 68.0 Å². The van der Waals surface area contributed by atoms with E-state index in [0.29, 0.717) is 12.0 Å². The summed E-state index contributed by atoms with van der Waals surface area (Å²) in [6.07, 6.45) is 4.72. The average molecular weight is 405 g/mol. The molecule has 0 radical (unpaired) electrons. The molecule has 8 heteroatoms. The summed E-state index contributed by atoms with van der Waals surface area (Å²) in [6, 6.07) is 4.81. The minimum Gasteiger partial charge on any atom is -0.351 e. The Hall–Kier alpha value is -2.35. The van der Waals surface area contributed by atoms with E-state index in [1.807, 2.05) is 13.8 Å². The van der Waals surface area contributed by atoms with Crippen LogP contribution in [0.25, 0.3) is 0 Å². The molecule has 1 aromatic carbocycles. The summed E-state index contributed by atoms with van der Waals surface area (Å²) in [4.78, 5) is 28.0. The van der Waals surface area contributed by atoms with Crippen molar-refractivity contribution in [2.45, 2.75) is 64.1 Å². The number of benzene rings is 1. The molecule has 1 saturated carbocycles. The number of rotatable bonds is 7. The van der Waals surface area contributed by atoms with Gasteiger partial charge in [-0.05, 0) is 55.4 Å². The molecular weight excluding hydrogens is 379 g/mol. The fourth-order valence-corrected chi connectivity index (χ4v) is 4.02. The predicted octanol–water partition coefficient (Wildman–Crippen LogP) is 3.72. The first-order chi connectivity index (χ1) is 13.5. The molecule has 3 rings (SSSR count). The zero-order valence-corrected chi connectivity index (χ0v) is 16.9. The number of aromatic nitrogens is 2. The maximum Gasteiger partial charge on any atom is 0.276 e. The summed E-state index contributed by atoms with van der Waals surface area (Å²) in [6.45, 7) is 3.86. The van der Waals surface area contributed by atoms with Crippen LogP contribution in [0.15, 0.2) is 29.6 Å². The van der Waals surface area contributed by atoms with Gasteiger partial charge in [-0.15, -0.1) is 5.10 Å². The van der Waals surface area contributed by atoms with Gasteiger partial charge in [-0.2, -0.15) is 0 Å². The topological polar surface area (TPSA) is 75.2 Å². The van der Waals surface area contributed by atoms with Crippen LogP contribution in [-0.2, 0) is 4.79 Å². The number of hydrogen-bond acceptors (Lipinski definition) is 5. The molecule has 0 bridgehead atoms. The summed E-state index contributed by atoms with van der Waals surface area (Å²) < 4.78 is 17.3. The molecule has 2 atom stereocenters. The number of amides is 2. The standard InChI is InChI=1S/C20H25FN4O2S/c1-3-13(2)25(20(27)17-12-28-24-23-17)18(14-8-10-15(21)11-9-14)19(26)22-16-6-4-5-7-16/h8-13,16,18H,3-7H2,1-2H3,(H,22,26)/t13-,18+/m0/s1. The maximum absolute atomic E-state index is 13.5. The van der Waals surface area contributed by atoms with Crippen molar-refractivity contribution in [3.63, 3.8) is 0 Å². The molecule has 6 nitrogen and oxygen atoms in total. The molecule has 0 spiro atoms. The van der Waals surface area contributed by atoms with Crippen molar-refractivity contribution in [1.82, 2.24) is 19.8 Å². The highest BCUT2D eigenvalue weighted by Gasteiger charge is 2.36. The highest BCUT2D eigenvalue weighted by atomic mass is 32.1. The summed E-state index contributed by atoms with van der Waals surface area (Å²) >= 11 is 1.09. The molecule has 1 fully saturated rings. The van der Waals surface area contributed by atoms with E-state index in [-0.39, 0.29) is 35.4 Å². The molecule has 2 aromatic rings. The monoisotopic (exact) mass is 404 g/mol. The van der Waals surface area contributed by atoms with Gasteiger partial charge in [0.1, 0.15) is 11.9 Å². The van der Waals surface area contributed by atoms with Crippen LogP contribution in [0, 0.1) is 5.82 Å². The van der Waals surface area contributed by atoms with Gasteiger partial charge in [0, 0.05) is 17.5 Å². The van der Waals surface area contributed by atoms with Crippen LogP contribution < -0.4 is 5.32 Å². The summed E-state index contributed by atoms with van der Waals surface area (Å²) in [5, 5.41) is 8.56. The summed E-state index contributed by atoms with van der Waals surface area (Å²) in [5.41, 5.74) is 0.791. The maximum atomic E-state index is 13.5. The molecule has 0 aliphatic heterocycles. The Morgan fingerprint density at radius 3 is 2.54 bits per heavy atom. The molecule has 2 amide bonds. The van der Waals surface area contributed by atoms with Gasteiger partial charge in [0.2, 0.25) is 5.91 Å². The van der Waals surface area contributed by atoms with Gasteiger partial charge in [0.25, 0.3) is 5.91 Å². The quantitative estimate of drug-likeness (QED) is 0.763. The Bertz CT molecular complexity index is 791. The third-order valence-electron chi connectivity index (χ3n) is 5.29. The molecule has 0 saturated heterocycles. The largest absolute Gasteiger partial charge is 0.351 e. The van der Waals surface area contributed by atoms with Gasteiger partial charge < -0.3 is 10.2 Å². The smallest absolute Gasteiger partial charge is 0.276 e. The first-order valence-corrected chi connectivity index (χ1v) is 10.5. The van der Waals surface area contributed by atoms with E-state index in [0.717, 1.165) is 37.2 Å². The number of carbonyl (C=O) groups excluding carboxylic acids is 2. The van der Waals surface area contributed by atoms with Gasteiger partial charge in [-0.3, -0.25) is 9.59 Å². The number of nitrogens with one attached hydrogen (secondary N) is 1. The molecule has 1 aromatic heterocycles. The lowest BCUT2D eigenvalue weighted by Crippen LogP contribution is -2.49. The Morgan fingerprint density at radius 2 is 1.96 bits per heavy atom. The number of carbonyl (C=O) groups is 2. The van der Waals surface area contributed by atoms with Crippen molar-refractivity contribution in [3.05, 3.63) is 46.7 Å². The SMILES string of the molecule is CC[C@H](C)N(C(=O)c1csnn1)[C@@H](C(=O)NC1CCCC1)c1ccc(F)cc1. The summed E-state index contributed by atoms with van der Waals surface area (Å²) in [7, 11) is 0. The highest BCUT2D eigenvalue weighted by molar-refractivity contribution is 7.03. The normalized spacial score (nSPS) is 16.5. The molecule has 150 valence electrons. The van der Waals surface area contributed by atoms with E-state index in [1.165, 1.54) is 12.1 Å². The lowest BCUT2D eigenvalue weighted by molar-refractivity contribution is -0.127. The third-order valence-corrected chi connectivity index (χ3v) is 5.80. The number of nitrogens with zero attached hydrogens (tertiary/aromatic N) is 3. The van der Waals surface area contributed by atoms with Gasteiger partial charge in [-0.1, -0.05) is 36.4 Å². The fourth-order valence-electron chi connectivity index (χ4n) is 3.59. The second kappa shape index (κ2) is 9.23. The zero-order valence-electron chi connectivity index (χ0n) is 16.1. The number of hydrogen-bond donors (Lipinski definition) is 1. The lowest BCUT2D eigenvalue weighted by Gasteiger charge is -2.35. The first kappa shape index (κ1) is 20.4. The lowest BCUT2D eigenvalue weighted by atomic mass is 10.00. The van der Waals surface area contributed by atoms with Gasteiger partial charge in [-0.25, -0.2) is 4.39 Å². The Labute approximate surface area is 168 Å². The van der Waals surface area contributed by atoms with Gasteiger partial charge in [0.05, 0.1) is 0 Å². The average Bonchev–Trinajstić information content (AvgIpc) is 3.40. The van der Waals surface area contributed by atoms with Crippen molar-refractivity contribution in [2.24, 2.45) is 0 Å². The van der Waals surface area contributed by atoms with Crippen molar-refractivity contribution in [3.8, 4) is 0 Å². The molecule has 1 aliphatic rings.